The molecule has 6 nitrogen and oxygen atoms in total. The Morgan fingerprint density at radius 1 is 0.786 bits per heavy atom. The predicted molar refractivity (Wildman–Crippen MR) is 107 cm³/mol. The van der Waals surface area contributed by atoms with Crippen LogP contribution in [0.3, 0.4) is 0 Å². The third-order valence-electron chi connectivity index (χ3n) is 5.55. The lowest BCUT2D eigenvalue weighted by atomic mass is 10.2. The second kappa shape index (κ2) is 8.54. The van der Waals surface area contributed by atoms with E-state index in [0.29, 0.717) is 18.8 Å². The maximum atomic E-state index is 13.1. The first-order valence-corrected chi connectivity index (χ1v) is 10.1. The molecule has 1 aromatic carbocycles. The van der Waals surface area contributed by atoms with Crippen molar-refractivity contribution in [3.63, 3.8) is 0 Å². The lowest BCUT2D eigenvalue weighted by molar-refractivity contribution is 0.0740. The summed E-state index contributed by atoms with van der Waals surface area (Å²) < 4.78 is 13.1. The van der Waals surface area contributed by atoms with Gasteiger partial charge < -0.3 is 14.7 Å². The minimum Gasteiger partial charge on any atom is -0.368 e. The van der Waals surface area contributed by atoms with E-state index in [0.717, 1.165) is 37.7 Å². The van der Waals surface area contributed by atoms with Gasteiger partial charge in [-0.25, -0.2) is 14.4 Å². The summed E-state index contributed by atoms with van der Waals surface area (Å²) in [5, 5.41) is 0. The molecule has 0 aliphatic carbocycles. The second-order valence-corrected chi connectivity index (χ2v) is 7.42. The van der Waals surface area contributed by atoms with Crippen LogP contribution in [-0.4, -0.2) is 60.0 Å². The van der Waals surface area contributed by atoms with Crippen LogP contribution in [0.25, 0.3) is 0 Å². The maximum absolute atomic E-state index is 13.1. The molecule has 4 rings (SSSR count). The summed E-state index contributed by atoms with van der Waals surface area (Å²) >= 11 is 0. The van der Waals surface area contributed by atoms with Gasteiger partial charge in [0, 0.05) is 45.0 Å². The van der Waals surface area contributed by atoms with E-state index in [1.807, 2.05) is 4.90 Å². The quantitative estimate of drug-likeness (QED) is 0.816. The first-order chi connectivity index (χ1) is 13.7. The largest absolute Gasteiger partial charge is 0.368 e. The van der Waals surface area contributed by atoms with Crippen molar-refractivity contribution >= 4 is 17.4 Å². The number of carbonyl (C=O) groups excluding carboxylic acids is 1. The zero-order valence-electron chi connectivity index (χ0n) is 16.1. The van der Waals surface area contributed by atoms with Gasteiger partial charge in [0.15, 0.2) is 0 Å². The maximum Gasteiger partial charge on any atom is 0.274 e. The van der Waals surface area contributed by atoms with Crippen molar-refractivity contribution in [3.05, 3.63) is 48.2 Å². The SMILES string of the molecule is O=C(c1cnc(N2CCCCCC2)cn1)N1CCN(c2ccc(F)cc2)CC1. The highest BCUT2D eigenvalue weighted by atomic mass is 19.1. The summed E-state index contributed by atoms with van der Waals surface area (Å²) in [6, 6.07) is 6.49. The molecule has 0 spiro atoms. The number of benzene rings is 1. The Morgan fingerprint density at radius 2 is 1.46 bits per heavy atom. The summed E-state index contributed by atoms with van der Waals surface area (Å²) in [6.45, 7) is 4.69. The number of piperazine rings is 1. The van der Waals surface area contributed by atoms with E-state index in [1.165, 1.54) is 37.8 Å². The molecular weight excluding hydrogens is 357 g/mol. The number of aromatic nitrogens is 2. The molecule has 28 heavy (non-hydrogen) atoms. The van der Waals surface area contributed by atoms with Crippen LogP contribution < -0.4 is 9.80 Å². The van der Waals surface area contributed by atoms with Gasteiger partial charge in [-0.1, -0.05) is 12.8 Å². The van der Waals surface area contributed by atoms with Crippen molar-refractivity contribution in [2.75, 3.05) is 49.1 Å². The van der Waals surface area contributed by atoms with Gasteiger partial charge in [0.05, 0.1) is 12.4 Å². The highest BCUT2D eigenvalue weighted by molar-refractivity contribution is 5.92. The number of nitrogens with zero attached hydrogens (tertiary/aromatic N) is 5. The van der Waals surface area contributed by atoms with Crippen LogP contribution in [0.2, 0.25) is 0 Å². The monoisotopic (exact) mass is 383 g/mol. The number of hydrogen-bond acceptors (Lipinski definition) is 5. The molecular formula is C21H26FN5O. The number of carbonyl (C=O) groups is 1. The Morgan fingerprint density at radius 3 is 2.07 bits per heavy atom. The van der Waals surface area contributed by atoms with Crippen molar-refractivity contribution in [2.24, 2.45) is 0 Å². The topological polar surface area (TPSA) is 52.6 Å². The summed E-state index contributed by atoms with van der Waals surface area (Å²) in [7, 11) is 0. The summed E-state index contributed by atoms with van der Waals surface area (Å²) in [5.41, 5.74) is 1.38. The number of anilines is 2. The first kappa shape index (κ1) is 18.7. The van der Waals surface area contributed by atoms with Crippen molar-refractivity contribution in [2.45, 2.75) is 25.7 Å². The van der Waals surface area contributed by atoms with Crippen molar-refractivity contribution in [3.8, 4) is 0 Å². The molecule has 148 valence electrons. The number of rotatable bonds is 3. The molecule has 2 saturated heterocycles. The number of hydrogen-bond donors (Lipinski definition) is 0. The molecule has 3 heterocycles. The van der Waals surface area contributed by atoms with Gasteiger partial charge in [-0.15, -0.1) is 0 Å². The number of amides is 1. The van der Waals surface area contributed by atoms with Gasteiger partial charge in [-0.2, -0.15) is 0 Å². The van der Waals surface area contributed by atoms with Gasteiger partial charge in [0.1, 0.15) is 17.3 Å². The van der Waals surface area contributed by atoms with Gasteiger partial charge in [-0.3, -0.25) is 4.79 Å². The van der Waals surface area contributed by atoms with Crippen LogP contribution in [0.1, 0.15) is 36.2 Å². The normalized spacial score (nSPS) is 18.1. The molecule has 2 fully saturated rings. The average molecular weight is 383 g/mol. The van der Waals surface area contributed by atoms with E-state index in [9.17, 15) is 9.18 Å². The smallest absolute Gasteiger partial charge is 0.274 e. The molecule has 2 aromatic rings. The molecule has 1 amide bonds. The molecule has 0 unspecified atom stereocenters. The Bertz CT molecular complexity index is 779. The molecule has 2 aliphatic rings. The van der Waals surface area contributed by atoms with Gasteiger partial charge in [0.25, 0.3) is 5.91 Å². The molecule has 2 aliphatic heterocycles. The highest BCUT2D eigenvalue weighted by Crippen LogP contribution is 2.19. The molecule has 0 atom stereocenters. The number of halogens is 1. The third kappa shape index (κ3) is 4.24. The lowest BCUT2D eigenvalue weighted by Gasteiger charge is -2.36. The van der Waals surface area contributed by atoms with Crippen LogP contribution in [0.15, 0.2) is 36.7 Å². The molecule has 0 saturated carbocycles. The fourth-order valence-corrected chi connectivity index (χ4v) is 3.88. The van der Waals surface area contributed by atoms with E-state index in [4.69, 9.17) is 0 Å². The molecule has 0 N–H and O–H groups in total. The van der Waals surface area contributed by atoms with Crippen LogP contribution in [-0.2, 0) is 0 Å². The van der Waals surface area contributed by atoms with Gasteiger partial charge in [-0.05, 0) is 37.1 Å². The summed E-state index contributed by atoms with van der Waals surface area (Å²) in [6.07, 6.45) is 8.23. The molecule has 7 heteroatoms. The molecule has 1 aromatic heterocycles. The lowest BCUT2D eigenvalue weighted by Crippen LogP contribution is -2.49. The Kier molecular flexibility index (Phi) is 5.69. The second-order valence-electron chi connectivity index (χ2n) is 7.42. The van der Waals surface area contributed by atoms with Gasteiger partial charge >= 0.3 is 0 Å². The van der Waals surface area contributed by atoms with Crippen molar-refractivity contribution < 1.29 is 9.18 Å². The van der Waals surface area contributed by atoms with Gasteiger partial charge in [0.2, 0.25) is 0 Å². The van der Waals surface area contributed by atoms with E-state index in [2.05, 4.69) is 19.8 Å². The minimum absolute atomic E-state index is 0.0753. The van der Waals surface area contributed by atoms with E-state index in [-0.39, 0.29) is 11.7 Å². The van der Waals surface area contributed by atoms with Crippen LogP contribution in [0.4, 0.5) is 15.9 Å². The predicted octanol–water partition coefficient (Wildman–Crippen LogP) is 2.96. The molecule has 0 radical (unpaired) electrons. The summed E-state index contributed by atoms with van der Waals surface area (Å²) in [5.74, 6) is 0.549. The Balaban J connectivity index is 1.35. The van der Waals surface area contributed by atoms with Crippen molar-refractivity contribution in [1.82, 2.24) is 14.9 Å². The minimum atomic E-state index is -0.236. The Labute approximate surface area is 165 Å². The third-order valence-corrected chi connectivity index (χ3v) is 5.55. The zero-order chi connectivity index (χ0) is 19.3. The fourth-order valence-electron chi connectivity index (χ4n) is 3.88. The van der Waals surface area contributed by atoms with E-state index in [1.54, 1.807) is 24.5 Å². The van der Waals surface area contributed by atoms with Crippen LogP contribution in [0, 0.1) is 5.82 Å². The standard InChI is InChI=1S/C21H26FN5O/c22-17-5-7-18(8-6-17)25-11-13-27(14-12-25)21(28)19-15-24-20(16-23-19)26-9-3-1-2-4-10-26/h5-8,15-16H,1-4,9-14H2. The first-order valence-electron chi connectivity index (χ1n) is 10.1. The van der Waals surface area contributed by atoms with Crippen molar-refractivity contribution in [1.29, 1.82) is 0 Å². The Hall–Kier alpha value is -2.70. The fraction of sp³-hybridized carbons (Fsp3) is 0.476. The van der Waals surface area contributed by atoms with Crippen LogP contribution >= 0.6 is 0 Å². The highest BCUT2D eigenvalue weighted by Gasteiger charge is 2.23. The average Bonchev–Trinajstić information content (AvgIpc) is 3.04. The van der Waals surface area contributed by atoms with Crippen LogP contribution in [0.5, 0.6) is 0 Å². The van der Waals surface area contributed by atoms with E-state index >= 15 is 0 Å². The zero-order valence-corrected chi connectivity index (χ0v) is 16.1. The van der Waals surface area contributed by atoms with E-state index < -0.39 is 0 Å². The molecule has 0 bridgehead atoms. The summed E-state index contributed by atoms with van der Waals surface area (Å²) in [4.78, 5) is 27.9.